The molecule has 3 aromatic carbocycles. The van der Waals surface area contributed by atoms with Gasteiger partial charge in [-0.2, -0.15) is 5.10 Å². The number of aromatic amines is 1. The molecule has 192 valence electrons. The number of likely N-dealkylation sites (N-methyl/N-ethyl adjacent to an activating group) is 1. The van der Waals surface area contributed by atoms with Crippen molar-refractivity contribution in [1.29, 1.82) is 0 Å². The van der Waals surface area contributed by atoms with Crippen LogP contribution in [0.3, 0.4) is 0 Å². The van der Waals surface area contributed by atoms with Crippen LogP contribution in [0.2, 0.25) is 0 Å². The molecule has 9 heteroatoms. The van der Waals surface area contributed by atoms with E-state index < -0.39 is 12.6 Å². The van der Waals surface area contributed by atoms with E-state index in [4.69, 9.17) is 5.73 Å². The Bertz CT molecular complexity index is 1430. The SMILES string of the molecule is CN1CCN(c2ccc(C(N)=O)c(NCCF)c2-c2n[nH]c3ccc(Cc4cccc(F)c4)cc23)CC1. The van der Waals surface area contributed by atoms with E-state index in [1.54, 1.807) is 12.1 Å². The molecule has 1 fully saturated rings. The number of H-pyrrole nitrogens is 1. The van der Waals surface area contributed by atoms with Crippen LogP contribution < -0.4 is 16.0 Å². The second-order valence-electron chi connectivity index (χ2n) is 9.41. The van der Waals surface area contributed by atoms with Crippen LogP contribution in [-0.2, 0) is 6.42 Å². The lowest BCUT2D eigenvalue weighted by Gasteiger charge is -2.35. The molecule has 0 saturated carbocycles. The van der Waals surface area contributed by atoms with Crippen molar-refractivity contribution in [2.24, 2.45) is 5.73 Å². The van der Waals surface area contributed by atoms with E-state index in [0.717, 1.165) is 53.9 Å². The maximum Gasteiger partial charge on any atom is 0.250 e. The predicted molar refractivity (Wildman–Crippen MR) is 143 cm³/mol. The third-order valence-electron chi connectivity index (χ3n) is 6.85. The van der Waals surface area contributed by atoms with Crippen LogP contribution in [-0.4, -0.2) is 67.5 Å². The average molecular weight is 505 g/mol. The highest BCUT2D eigenvalue weighted by Crippen LogP contribution is 2.42. The van der Waals surface area contributed by atoms with Gasteiger partial charge in [0.25, 0.3) is 5.91 Å². The number of nitrogens with one attached hydrogen (secondary N) is 2. The molecule has 4 aromatic rings. The molecule has 1 aliphatic heterocycles. The molecule has 2 heterocycles. The number of amides is 1. The first-order valence-corrected chi connectivity index (χ1v) is 12.4. The molecule has 0 spiro atoms. The lowest BCUT2D eigenvalue weighted by atomic mass is 9.96. The van der Waals surface area contributed by atoms with Crippen LogP contribution in [0.4, 0.5) is 20.2 Å². The number of carbonyl (C=O) groups excluding carboxylic acids is 1. The third-order valence-corrected chi connectivity index (χ3v) is 6.85. The highest BCUT2D eigenvalue weighted by atomic mass is 19.1. The number of aromatic nitrogens is 2. The molecule has 5 rings (SSSR count). The molecule has 0 radical (unpaired) electrons. The van der Waals surface area contributed by atoms with Gasteiger partial charge in [-0.1, -0.05) is 18.2 Å². The molecule has 0 bridgehead atoms. The summed E-state index contributed by atoms with van der Waals surface area (Å²) in [6.07, 6.45) is 0.553. The molecule has 0 unspecified atom stereocenters. The molecule has 1 aliphatic rings. The normalized spacial score (nSPS) is 14.3. The van der Waals surface area contributed by atoms with Crippen molar-refractivity contribution >= 4 is 28.2 Å². The predicted octanol–water partition coefficient (Wildman–Crippen LogP) is 4.19. The zero-order valence-corrected chi connectivity index (χ0v) is 20.7. The molecule has 37 heavy (non-hydrogen) atoms. The number of piperazine rings is 1. The molecule has 0 atom stereocenters. The number of halogens is 2. The number of hydrogen-bond acceptors (Lipinski definition) is 5. The summed E-state index contributed by atoms with van der Waals surface area (Å²) >= 11 is 0. The van der Waals surface area contributed by atoms with Gasteiger partial charge in [0, 0.05) is 43.8 Å². The Morgan fingerprint density at radius 1 is 1.08 bits per heavy atom. The minimum absolute atomic E-state index is 0.0344. The zero-order chi connectivity index (χ0) is 25.9. The molecule has 4 N–H and O–H groups in total. The van der Waals surface area contributed by atoms with Gasteiger partial charge < -0.3 is 20.9 Å². The Labute approximate surface area is 214 Å². The van der Waals surface area contributed by atoms with Crippen LogP contribution in [0.1, 0.15) is 21.5 Å². The number of anilines is 2. The number of alkyl halides is 1. The third kappa shape index (κ3) is 5.13. The number of fused-ring (bicyclic) bond motifs is 1. The van der Waals surface area contributed by atoms with E-state index in [-0.39, 0.29) is 17.9 Å². The van der Waals surface area contributed by atoms with Crippen molar-refractivity contribution in [2.45, 2.75) is 6.42 Å². The van der Waals surface area contributed by atoms with E-state index in [9.17, 15) is 13.6 Å². The second-order valence-corrected chi connectivity index (χ2v) is 9.41. The second kappa shape index (κ2) is 10.6. The highest BCUT2D eigenvalue weighted by Gasteiger charge is 2.26. The first kappa shape index (κ1) is 24.7. The van der Waals surface area contributed by atoms with Crippen molar-refractivity contribution in [2.75, 3.05) is 56.7 Å². The first-order chi connectivity index (χ1) is 17.9. The van der Waals surface area contributed by atoms with Crippen LogP contribution in [0.5, 0.6) is 0 Å². The van der Waals surface area contributed by atoms with E-state index in [0.29, 0.717) is 23.4 Å². The van der Waals surface area contributed by atoms with Crippen LogP contribution in [0.15, 0.2) is 54.6 Å². The standard InChI is InChI=1S/C28H30F2N6O/c1-35-11-13-36(14-12-35)24-8-6-21(28(31)37)26(32-10-9-29)25(24)27-22-17-19(5-7-23(22)33-34-27)15-18-3-2-4-20(30)16-18/h2-8,16-17,32H,9-15H2,1H3,(H2,31,37)(H,33,34). The van der Waals surface area contributed by atoms with Crippen molar-refractivity contribution in [1.82, 2.24) is 15.1 Å². The van der Waals surface area contributed by atoms with Gasteiger partial charge >= 0.3 is 0 Å². The summed E-state index contributed by atoms with van der Waals surface area (Å²) in [6, 6.07) is 16.1. The highest BCUT2D eigenvalue weighted by molar-refractivity contribution is 6.08. The van der Waals surface area contributed by atoms with Gasteiger partial charge in [-0.25, -0.2) is 8.78 Å². The topological polar surface area (TPSA) is 90.3 Å². The molecule has 1 aromatic heterocycles. The summed E-state index contributed by atoms with van der Waals surface area (Å²) in [6.45, 7) is 2.82. The fraction of sp³-hybridized carbons (Fsp3) is 0.286. The number of primary amides is 1. The molecular formula is C28H30F2N6O. The van der Waals surface area contributed by atoms with Gasteiger partial charge in [0.1, 0.15) is 18.2 Å². The fourth-order valence-electron chi connectivity index (χ4n) is 4.95. The molecule has 1 saturated heterocycles. The lowest BCUT2D eigenvalue weighted by molar-refractivity contribution is 0.100. The molecular weight excluding hydrogens is 474 g/mol. The Balaban J connectivity index is 1.67. The van der Waals surface area contributed by atoms with Crippen molar-refractivity contribution in [3.8, 4) is 11.3 Å². The van der Waals surface area contributed by atoms with Gasteiger partial charge in [0.05, 0.1) is 22.3 Å². The Kier molecular flexibility index (Phi) is 7.05. The minimum Gasteiger partial charge on any atom is -0.381 e. The van der Waals surface area contributed by atoms with Gasteiger partial charge in [0.15, 0.2) is 0 Å². The smallest absolute Gasteiger partial charge is 0.250 e. The zero-order valence-electron chi connectivity index (χ0n) is 20.7. The Morgan fingerprint density at radius 2 is 1.86 bits per heavy atom. The van der Waals surface area contributed by atoms with Gasteiger partial charge in [-0.3, -0.25) is 9.89 Å². The number of benzene rings is 3. The number of hydrogen-bond donors (Lipinski definition) is 3. The van der Waals surface area contributed by atoms with Gasteiger partial charge in [-0.05, 0) is 61.0 Å². The summed E-state index contributed by atoms with van der Waals surface area (Å²) in [5.41, 5.74) is 11.4. The van der Waals surface area contributed by atoms with Crippen molar-refractivity contribution < 1.29 is 13.6 Å². The Morgan fingerprint density at radius 3 is 2.59 bits per heavy atom. The number of rotatable bonds is 8. The summed E-state index contributed by atoms with van der Waals surface area (Å²) in [5, 5.41) is 11.7. The van der Waals surface area contributed by atoms with Crippen LogP contribution in [0, 0.1) is 5.82 Å². The van der Waals surface area contributed by atoms with Gasteiger partial charge in [-0.15, -0.1) is 0 Å². The fourth-order valence-corrected chi connectivity index (χ4v) is 4.95. The van der Waals surface area contributed by atoms with Crippen LogP contribution >= 0.6 is 0 Å². The summed E-state index contributed by atoms with van der Waals surface area (Å²) in [4.78, 5) is 16.9. The summed E-state index contributed by atoms with van der Waals surface area (Å²) in [5.74, 6) is -0.870. The van der Waals surface area contributed by atoms with Crippen molar-refractivity contribution in [3.05, 3.63) is 77.1 Å². The lowest BCUT2D eigenvalue weighted by Crippen LogP contribution is -2.44. The summed E-state index contributed by atoms with van der Waals surface area (Å²) in [7, 11) is 2.09. The van der Waals surface area contributed by atoms with E-state index in [2.05, 4.69) is 32.4 Å². The van der Waals surface area contributed by atoms with E-state index in [1.165, 1.54) is 12.1 Å². The number of nitrogens with zero attached hydrogens (tertiary/aromatic N) is 3. The van der Waals surface area contributed by atoms with E-state index >= 15 is 0 Å². The minimum atomic E-state index is -0.602. The largest absolute Gasteiger partial charge is 0.381 e. The number of carbonyl (C=O) groups is 1. The maximum absolute atomic E-state index is 13.8. The quantitative estimate of drug-likeness (QED) is 0.335. The summed E-state index contributed by atoms with van der Waals surface area (Å²) < 4.78 is 27.0. The monoisotopic (exact) mass is 504 g/mol. The Hall–Kier alpha value is -3.98. The molecule has 1 amide bonds. The maximum atomic E-state index is 13.8. The van der Waals surface area contributed by atoms with Crippen molar-refractivity contribution in [3.63, 3.8) is 0 Å². The molecule has 7 nitrogen and oxygen atoms in total. The van der Waals surface area contributed by atoms with Gasteiger partial charge in [0.2, 0.25) is 0 Å². The van der Waals surface area contributed by atoms with E-state index in [1.807, 2.05) is 30.3 Å². The average Bonchev–Trinajstić information content (AvgIpc) is 3.30. The molecule has 0 aliphatic carbocycles. The number of nitrogens with two attached hydrogens (primary N) is 1. The first-order valence-electron chi connectivity index (χ1n) is 12.4. The van der Waals surface area contributed by atoms with Crippen LogP contribution in [0.25, 0.3) is 22.2 Å².